The maximum atomic E-state index is 2.00. The molecule has 0 unspecified atom stereocenters. The SMILES string of the molecule is [B].[W].c1ccccc1. The Balaban J connectivity index is 0. The Morgan fingerprint density at radius 3 is 0.750 bits per heavy atom. The minimum atomic E-state index is 0. The van der Waals surface area contributed by atoms with Gasteiger partial charge in [0.2, 0.25) is 0 Å². The molecule has 0 nitrogen and oxygen atoms in total. The monoisotopic (exact) mass is 273 g/mol. The van der Waals surface area contributed by atoms with Gasteiger partial charge in [-0.25, -0.2) is 0 Å². The van der Waals surface area contributed by atoms with Crippen molar-refractivity contribution in [2.24, 2.45) is 0 Å². The summed E-state index contributed by atoms with van der Waals surface area (Å²) in [5, 5.41) is 0. The zero-order chi connectivity index (χ0) is 4.24. The molecule has 0 aliphatic carbocycles. The summed E-state index contributed by atoms with van der Waals surface area (Å²) in [5.41, 5.74) is 0. The van der Waals surface area contributed by atoms with Gasteiger partial charge in [-0.2, -0.15) is 0 Å². The van der Waals surface area contributed by atoms with Crippen molar-refractivity contribution in [1.29, 1.82) is 0 Å². The molecule has 0 aromatic heterocycles. The van der Waals surface area contributed by atoms with Crippen molar-refractivity contribution in [2.75, 3.05) is 0 Å². The average molecular weight is 273 g/mol. The van der Waals surface area contributed by atoms with E-state index in [4.69, 9.17) is 0 Å². The van der Waals surface area contributed by atoms with Crippen molar-refractivity contribution >= 4 is 8.41 Å². The molecular weight excluding hydrogens is 267 g/mol. The normalized spacial score (nSPS) is 6.00. The van der Waals surface area contributed by atoms with Crippen LogP contribution in [-0.4, -0.2) is 8.41 Å². The number of hydrogen-bond acceptors (Lipinski definition) is 0. The number of rotatable bonds is 0. The van der Waals surface area contributed by atoms with Crippen LogP contribution in [0.25, 0.3) is 0 Å². The van der Waals surface area contributed by atoms with Crippen LogP contribution in [0.2, 0.25) is 0 Å². The minimum absolute atomic E-state index is 0. The predicted molar refractivity (Wildman–Crippen MR) is 32.2 cm³/mol. The van der Waals surface area contributed by atoms with E-state index in [0.29, 0.717) is 0 Å². The molecule has 0 aliphatic rings. The molecule has 2 heteroatoms. The second-order valence-corrected chi connectivity index (χ2v) is 1.15. The summed E-state index contributed by atoms with van der Waals surface area (Å²) >= 11 is 0. The zero-order valence-electron chi connectivity index (χ0n) is 4.45. The Kier molecular flexibility index (Phi) is 9.47. The molecular formula is C6H6BW. The van der Waals surface area contributed by atoms with Gasteiger partial charge >= 0.3 is 0 Å². The number of benzene rings is 1. The van der Waals surface area contributed by atoms with Crippen molar-refractivity contribution < 1.29 is 21.1 Å². The third kappa shape index (κ3) is 4.14. The molecule has 0 amide bonds. The molecule has 1 aromatic carbocycles. The maximum absolute atomic E-state index is 2.00. The van der Waals surface area contributed by atoms with Gasteiger partial charge in [-0.3, -0.25) is 0 Å². The van der Waals surface area contributed by atoms with Crippen LogP contribution in [0, 0.1) is 0 Å². The fraction of sp³-hybridized carbons (Fsp3) is 0. The summed E-state index contributed by atoms with van der Waals surface area (Å²) in [6, 6.07) is 12.0. The van der Waals surface area contributed by atoms with Crippen molar-refractivity contribution in [3.05, 3.63) is 36.4 Å². The summed E-state index contributed by atoms with van der Waals surface area (Å²) in [7, 11) is 0. The summed E-state index contributed by atoms with van der Waals surface area (Å²) in [6.07, 6.45) is 0. The van der Waals surface area contributed by atoms with E-state index >= 15 is 0 Å². The van der Waals surface area contributed by atoms with Crippen LogP contribution in [-0.2, 0) is 21.1 Å². The Morgan fingerprint density at radius 2 is 0.625 bits per heavy atom. The Hall–Kier alpha value is -0.0268. The standard InChI is InChI=1S/C6H6.B.W/c1-2-4-6-5-3-1;;/h1-6H;;. The van der Waals surface area contributed by atoms with Gasteiger partial charge in [0.25, 0.3) is 0 Å². The van der Waals surface area contributed by atoms with E-state index in [1.54, 1.807) is 0 Å². The molecule has 3 radical (unpaired) electrons. The molecule has 1 rings (SSSR count). The van der Waals surface area contributed by atoms with Gasteiger partial charge in [-0.05, 0) is 0 Å². The van der Waals surface area contributed by atoms with Crippen LogP contribution in [0.3, 0.4) is 0 Å². The van der Waals surface area contributed by atoms with E-state index in [9.17, 15) is 0 Å². The molecule has 0 atom stereocenters. The zero-order valence-corrected chi connectivity index (χ0v) is 7.38. The molecule has 39 valence electrons. The Bertz CT molecular complexity index is 80.5. The Morgan fingerprint density at radius 1 is 0.500 bits per heavy atom. The van der Waals surface area contributed by atoms with Gasteiger partial charge < -0.3 is 0 Å². The van der Waals surface area contributed by atoms with Gasteiger partial charge in [0.1, 0.15) is 0 Å². The summed E-state index contributed by atoms with van der Waals surface area (Å²) in [4.78, 5) is 0. The molecule has 0 saturated heterocycles. The fourth-order valence-electron chi connectivity index (χ4n) is 0.385. The second-order valence-electron chi connectivity index (χ2n) is 1.15. The van der Waals surface area contributed by atoms with Gasteiger partial charge in [0, 0.05) is 29.5 Å². The van der Waals surface area contributed by atoms with Crippen molar-refractivity contribution in [3.8, 4) is 0 Å². The third-order valence-corrected chi connectivity index (χ3v) is 0.667. The molecule has 1 aromatic rings. The number of hydrogen-bond donors (Lipinski definition) is 0. The van der Waals surface area contributed by atoms with Crippen LogP contribution in [0.4, 0.5) is 0 Å². The summed E-state index contributed by atoms with van der Waals surface area (Å²) < 4.78 is 0. The largest absolute Gasteiger partial charge is 0.0623 e. The van der Waals surface area contributed by atoms with E-state index < -0.39 is 0 Å². The van der Waals surface area contributed by atoms with Crippen LogP contribution in [0.15, 0.2) is 36.4 Å². The van der Waals surface area contributed by atoms with Crippen molar-refractivity contribution in [2.45, 2.75) is 0 Å². The van der Waals surface area contributed by atoms with Crippen LogP contribution >= 0.6 is 0 Å². The van der Waals surface area contributed by atoms with Gasteiger partial charge in [-0.15, -0.1) is 0 Å². The minimum Gasteiger partial charge on any atom is -0.0623 e. The van der Waals surface area contributed by atoms with E-state index in [0.717, 1.165) is 0 Å². The average Bonchev–Trinajstić information content (AvgIpc) is 1.72. The topological polar surface area (TPSA) is 0 Å². The van der Waals surface area contributed by atoms with Gasteiger partial charge in [0.05, 0.1) is 0 Å². The first kappa shape index (κ1) is 10.9. The maximum Gasteiger partial charge on any atom is 0 e. The van der Waals surface area contributed by atoms with Crippen LogP contribution < -0.4 is 0 Å². The van der Waals surface area contributed by atoms with E-state index in [1.165, 1.54) is 0 Å². The molecule has 0 spiro atoms. The smallest absolute Gasteiger partial charge is 0 e. The Labute approximate surface area is 66.1 Å². The van der Waals surface area contributed by atoms with Crippen molar-refractivity contribution in [3.63, 3.8) is 0 Å². The third-order valence-electron chi connectivity index (χ3n) is 0.667. The van der Waals surface area contributed by atoms with E-state index in [2.05, 4.69) is 0 Å². The first-order valence-corrected chi connectivity index (χ1v) is 2.00. The van der Waals surface area contributed by atoms with Crippen LogP contribution in [0.1, 0.15) is 0 Å². The van der Waals surface area contributed by atoms with Crippen molar-refractivity contribution in [1.82, 2.24) is 0 Å². The molecule has 0 N–H and O–H groups in total. The fourth-order valence-corrected chi connectivity index (χ4v) is 0.385. The molecule has 8 heavy (non-hydrogen) atoms. The first-order chi connectivity index (χ1) is 3.00. The second kappa shape index (κ2) is 6.97. The predicted octanol–water partition coefficient (Wildman–Crippen LogP) is 1.30. The van der Waals surface area contributed by atoms with E-state index in [1.807, 2.05) is 36.4 Å². The van der Waals surface area contributed by atoms with E-state index in [-0.39, 0.29) is 29.5 Å². The summed E-state index contributed by atoms with van der Waals surface area (Å²) in [6.45, 7) is 0. The molecule has 0 fully saturated rings. The van der Waals surface area contributed by atoms with Crippen LogP contribution in [0.5, 0.6) is 0 Å². The summed E-state index contributed by atoms with van der Waals surface area (Å²) in [5.74, 6) is 0. The van der Waals surface area contributed by atoms with Gasteiger partial charge in [-0.1, -0.05) is 36.4 Å². The molecule has 0 aliphatic heterocycles. The first-order valence-electron chi connectivity index (χ1n) is 2.00. The van der Waals surface area contributed by atoms with Gasteiger partial charge in [0.15, 0.2) is 0 Å². The molecule has 0 saturated carbocycles. The molecule has 0 heterocycles. The quantitative estimate of drug-likeness (QED) is 0.625. The molecule has 0 bridgehead atoms.